The molecule has 5 nitrogen and oxygen atoms in total. The van der Waals surface area contributed by atoms with E-state index in [9.17, 15) is 4.79 Å². The fraction of sp³-hybridized carbons (Fsp3) is 0.409. The number of benzene rings is 2. The van der Waals surface area contributed by atoms with Gasteiger partial charge in [0.1, 0.15) is 5.75 Å². The molecule has 0 spiro atoms. The Balaban J connectivity index is 1.93. The van der Waals surface area contributed by atoms with Crippen molar-refractivity contribution < 1.29 is 14.3 Å². The molecule has 0 saturated heterocycles. The molecule has 0 aliphatic heterocycles. The van der Waals surface area contributed by atoms with E-state index in [1.54, 1.807) is 7.11 Å². The second kappa shape index (κ2) is 10.1. The van der Waals surface area contributed by atoms with Crippen LogP contribution in [0.25, 0.3) is 0 Å². The highest BCUT2D eigenvalue weighted by Crippen LogP contribution is 2.27. The van der Waals surface area contributed by atoms with E-state index in [0.717, 1.165) is 35.4 Å². The summed E-state index contributed by atoms with van der Waals surface area (Å²) in [6.45, 7) is 5.33. The summed E-state index contributed by atoms with van der Waals surface area (Å²) in [6.07, 6.45) is 1.44. The zero-order valence-corrected chi connectivity index (χ0v) is 16.5. The van der Waals surface area contributed by atoms with E-state index in [0.29, 0.717) is 19.8 Å². The number of hydrogen-bond acceptors (Lipinski definition) is 4. The van der Waals surface area contributed by atoms with Crippen molar-refractivity contribution in [3.8, 4) is 5.75 Å². The summed E-state index contributed by atoms with van der Waals surface area (Å²) in [6, 6.07) is 15.5. The van der Waals surface area contributed by atoms with Gasteiger partial charge in [0.15, 0.2) is 0 Å². The van der Waals surface area contributed by atoms with Crippen LogP contribution in [-0.4, -0.2) is 19.6 Å². The maximum atomic E-state index is 12.7. The summed E-state index contributed by atoms with van der Waals surface area (Å²) in [5.74, 6) is 0.807. The lowest BCUT2D eigenvalue weighted by Gasteiger charge is -2.28. The predicted octanol–water partition coefficient (Wildman–Crippen LogP) is 4.12. The molecular weight excluding hydrogens is 340 g/mol. The molecule has 2 rings (SSSR count). The van der Waals surface area contributed by atoms with Gasteiger partial charge < -0.3 is 20.5 Å². The minimum atomic E-state index is -0.513. The van der Waals surface area contributed by atoms with Gasteiger partial charge in [-0.05, 0) is 48.2 Å². The van der Waals surface area contributed by atoms with E-state index in [1.165, 1.54) is 0 Å². The molecule has 0 fully saturated rings. The molecular formula is C22H30N2O3. The Morgan fingerprint density at radius 1 is 1.04 bits per heavy atom. The largest absolute Gasteiger partial charge is 0.497 e. The van der Waals surface area contributed by atoms with Gasteiger partial charge in [0.2, 0.25) is 5.91 Å². The number of carbonyl (C=O) groups is 1. The number of rotatable bonds is 10. The average molecular weight is 370 g/mol. The molecule has 0 saturated carbocycles. The summed E-state index contributed by atoms with van der Waals surface area (Å²) in [4.78, 5) is 12.7. The number of ether oxygens (including phenoxy) is 2. The molecule has 0 aliphatic carbocycles. The van der Waals surface area contributed by atoms with E-state index in [1.807, 2.05) is 62.4 Å². The van der Waals surface area contributed by atoms with Crippen LogP contribution in [0, 0.1) is 5.41 Å². The zero-order chi connectivity index (χ0) is 19.7. The Morgan fingerprint density at radius 2 is 1.70 bits per heavy atom. The zero-order valence-electron chi connectivity index (χ0n) is 16.5. The molecule has 0 aromatic heterocycles. The van der Waals surface area contributed by atoms with Crippen molar-refractivity contribution in [3.05, 3.63) is 59.7 Å². The smallest absolute Gasteiger partial charge is 0.231 e. The van der Waals surface area contributed by atoms with Crippen LogP contribution in [0.5, 0.6) is 5.75 Å². The van der Waals surface area contributed by atoms with Crippen molar-refractivity contribution in [3.63, 3.8) is 0 Å². The summed E-state index contributed by atoms with van der Waals surface area (Å²) < 4.78 is 10.9. The highest BCUT2D eigenvalue weighted by Gasteiger charge is 2.33. The third-order valence-electron chi connectivity index (χ3n) is 5.11. The topological polar surface area (TPSA) is 73.6 Å². The molecule has 0 heterocycles. The van der Waals surface area contributed by atoms with Crippen molar-refractivity contribution in [2.75, 3.05) is 19.0 Å². The van der Waals surface area contributed by atoms with Crippen LogP contribution in [-0.2, 0) is 22.7 Å². The Kier molecular flexibility index (Phi) is 7.82. The maximum Gasteiger partial charge on any atom is 0.231 e. The number of methoxy groups -OCH3 is 1. The first-order chi connectivity index (χ1) is 13.1. The highest BCUT2D eigenvalue weighted by molar-refractivity contribution is 5.95. The third kappa shape index (κ3) is 5.55. The average Bonchev–Trinajstić information content (AvgIpc) is 2.70. The number of amides is 1. The molecule has 146 valence electrons. The van der Waals surface area contributed by atoms with Gasteiger partial charge in [-0.3, -0.25) is 4.79 Å². The Morgan fingerprint density at radius 3 is 2.30 bits per heavy atom. The normalized spacial score (nSPS) is 11.3. The standard InChI is InChI=1S/C22H30N2O3/c1-4-22(5-2,16-23)21(25)24-19-8-6-7-18(13-19)15-27-14-17-9-11-20(26-3)12-10-17/h6-13H,4-5,14-16,23H2,1-3H3,(H,24,25). The van der Waals surface area contributed by atoms with Gasteiger partial charge in [-0.2, -0.15) is 0 Å². The van der Waals surface area contributed by atoms with Crippen LogP contribution >= 0.6 is 0 Å². The van der Waals surface area contributed by atoms with Crippen LogP contribution in [0.1, 0.15) is 37.8 Å². The van der Waals surface area contributed by atoms with Crippen LogP contribution in [0.15, 0.2) is 48.5 Å². The molecule has 0 bridgehead atoms. The van der Waals surface area contributed by atoms with Gasteiger partial charge in [0.05, 0.1) is 25.7 Å². The first-order valence-corrected chi connectivity index (χ1v) is 9.38. The minimum absolute atomic E-state index is 0.0219. The quantitative estimate of drug-likeness (QED) is 0.660. The lowest BCUT2D eigenvalue weighted by molar-refractivity contribution is -0.125. The molecule has 27 heavy (non-hydrogen) atoms. The minimum Gasteiger partial charge on any atom is -0.497 e. The van der Waals surface area contributed by atoms with E-state index in [4.69, 9.17) is 15.2 Å². The van der Waals surface area contributed by atoms with E-state index in [2.05, 4.69) is 5.32 Å². The van der Waals surface area contributed by atoms with E-state index < -0.39 is 5.41 Å². The summed E-state index contributed by atoms with van der Waals surface area (Å²) >= 11 is 0. The summed E-state index contributed by atoms with van der Waals surface area (Å²) in [7, 11) is 1.65. The molecule has 5 heteroatoms. The Hall–Kier alpha value is -2.37. The highest BCUT2D eigenvalue weighted by atomic mass is 16.5. The number of anilines is 1. The van der Waals surface area contributed by atoms with Crippen molar-refractivity contribution in [1.82, 2.24) is 0 Å². The number of nitrogens with one attached hydrogen (secondary N) is 1. The van der Waals surface area contributed by atoms with E-state index in [-0.39, 0.29) is 5.91 Å². The van der Waals surface area contributed by atoms with Gasteiger partial charge in [0, 0.05) is 12.2 Å². The van der Waals surface area contributed by atoms with Crippen molar-refractivity contribution in [2.45, 2.75) is 39.9 Å². The fourth-order valence-electron chi connectivity index (χ4n) is 2.96. The molecule has 1 amide bonds. The first-order valence-electron chi connectivity index (χ1n) is 9.38. The lowest BCUT2D eigenvalue weighted by Crippen LogP contribution is -2.41. The van der Waals surface area contributed by atoms with Crippen molar-refractivity contribution in [1.29, 1.82) is 0 Å². The van der Waals surface area contributed by atoms with Crippen LogP contribution in [0.2, 0.25) is 0 Å². The van der Waals surface area contributed by atoms with Gasteiger partial charge in [-0.1, -0.05) is 38.1 Å². The van der Waals surface area contributed by atoms with Gasteiger partial charge in [-0.15, -0.1) is 0 Å². The molecule has 0 atom stereocenters. The fourth-order valence-corrected chi connectivity index (χ4v) is 2.96. The maximum absolute atomic E-state index is 12.7. The summed E-state index contributed by atoms with van der Waals surface area (Å²) in [5, 5.41) is 3.01. The molecule has 0 radical (unpaired) electrons. The van der Waals surface area contributed by atoms with Crippen LogP contribution < -0.4 is 15.8 Å². The van der Waals surface area contributed by atoms with E-state index >= 15 is 0 Å². The first kappa shape index (κ1) is 20.9. The Labute approximate surface area is 161 Å². The molecule has 0 unspecified atom stereocenters. The number of nitrogens with two attached hydrogens (primary N) is 1. The SMILES string of the molecule is CCC(CC)(CN)C(=O)Nc1cccc(COCc2ccc(OC)cc2)c1. The van der Waals surface area contributed by atoms with Gasteiger partial charge >= 0.3 is 0 Å². The summed E-state index contributed by atoms with van der Waals surface area (Å²) in [5.41, 5.74) is 8.21. The molecule has 2 aromatic rings. The number of hydrogen-bond donors (Lipinski definition) is 2. The third-order valence-corrected chi connectivity index (χ3v) is 5.11. The molecule has 0 aliphatic rings. The van der Waals surface area contributed by atoms with Gasteiger partial charge in [-0.25, -0.2) is 0 Å². The van der Waals surface area contributed by atoms with Crippen LogP contribution in [0.4, 0.5) is 5.69 Å². The Bertz CT molecular complexity index is 716. The van der Waals surface area contributed by atoms with Gasteiger partial charge in [0.25, 0.3) is 0 Å². The lowest BCUT2D eigenvalue weighted by atomic mass is 9.81. The van der Waals surface area contributed by atoms with Crippen molar-refractivity contribution >= 4 is 11.6 Å². The monoisotopic (exact) mass is 370 g/mol. The second-order valence-corrected chi connectivity index (χ2v) is 6.69. The second-order valence-electron chi connectivity index (χ2n) is 6.69. The predicted molar refractivity (Wildman–Crippen MR) is 109 cm³/mol. The van der Waals surface area contributed by atoms with Crippen LogP contribution in [0.3, 0.4) is 0 Å². The molecule has 2 aromatic carbocycles. The van der Waals surface area contributed by atoms with Crippen molar-refractivity contribution in [2.24, 2.45) is 11.1 Å². The number of carbonyl (C=O) groups excluding carboxylic acids is 1. The molecule has 3 N–H and O–H groups in total.